The van der Waals surface area contributed by atoms with Crippen LogP contribution in [-0.4, -0.2) is 0 Å². The van der Waals surface area contributed by atoms with Gasteiger partial charge in [0.25, 0.3) is 0 Å². The quantitative estimate of drug-likeness (QED) is 0.165. The van der Waals surface area contributed by atoms with Gasteiger partial charge in [-0.25, -0.2) is 0 Å². The van der Waals surface area contributed by atoms with Gasteiger partial charge in [0.1, 0.15) is 0 Å². The molecule has 0 amide bonds. The Kier molecular flexibility index (Phi) is 4.84. The molecule has 1 spiro atoms. The fraction of sp³-hybridized carbons (Fsp3) is 0.0370. The Hall–Kier alpha value is -1.59. The lowest BCUT2D eigenvalue weighted by Crippen LogP contribution is -2.35. The molecule has 150 valence electrons. The predicted molar refractivity (Wildman–Crippen MR) is 141 cm³/mol. The third kappa shape index (κ3) is 2.92. The van der Waals surface area contributed by atoms with Gasteiger partial charge in [-0.2, -0.15) is 0 Å². The van der Waals surface area contributed by atoms with Crippen molar-refractivity contribution in [3.63, 3.8) is 0 Å². The first-order valence-electron chi connectivity index (χ1n) is 9.93. The molecule has 1 aliphatic heterocycles. The van der Waals surface area contributed by atoms with Gasteiger partial charge in [-0.05, 0) is 85.7 Å². The standard InChI is InChI=1S/C27H15Br3S/c28-18-12-10-16-8-9-17-11-13-19(29)15-23(17)27(22(16)14-18)20-4-1-2-7-25(20)31-26-21(27)5-3-6-24(26)30/h1-15H. The first-order chi connectivity index (χ1) is 15.1. The van der Waals surface area contributed by atoms with Crippen molar-refractivity contribution in [2.24, 2.45) is 0 Å². The lowest BCUT2D eigenvalue weighted by atomic mass is 9.63. The van der Waals surface area contributed by atoms with Crippen LogP contribution in [0, 0.1) is 0 Å². The van der Waals surface area contributed by atoms with Gasteiger partial charge in [0, 0.05) is 23.2 Å². The van der Waals surface area contributed by atoms with Crippen LogP contribution in [0.4, 0.5) is 0 Å². The highest BCUT2D eigenvalue weighted by molar-refractivity contribution is 9.11. The fourth-order valence-electron chi connectivity index (χ4n) is 4.93. The van der Waals surface area contributed by atoms with Gasteiger partial charge < -0.3 is 0 Å². The minimum atomic E-state index is -0.428. The van der Waals surface area contributed by atoms with Crippen LogP contribution in [0.15, 0.2) is 102 Å². The summed E-state index contributed by atoms with van der Waals surface area (Å²) in [6, 6.07) is 28.8. The minimum absolute atomic E-state index is 0.428. The molecular formula is C27H15Br3S. The third-order valence-electron chi connectivity index (χ3n) is 6.16. The molecule has 6 rings (SSSR count). The maximum atomic E-state index is 3.86. The molecule has 0 radical (unpaired) electrons. The van der Waals surface area contributed by atoms with Crippen molar-refractivity contribution >= 4 is 71.7 Å². The van der Waals surface area contributed by atoms with E-state index in [4.69, 9.17) is 0 Å². The number of benzene rings is 4. The van der Waals surface area contributed by atoms with E-state index in [-0.39, 0.29) is 0 Å². The molecule has 0 bridgehead atoms. The van der Waals surface area contributed by atoms with Gasteiger partial charge in [-0.15, -0.1) is 0 Å². The maximum absolute atomic E-state index is 3.86. The van der Waals surface area contributed by atoms with E-state index in [2.05, 4.69) is 139 Å². The van der Waals surface area contributed by atoms with E-state index in [1.54, 1.807) is 0 Å². The average molecular weight is 611 g/mol. The Labute approximate surface area is 211 Å². The smallest absolute Gasteiger partial charge is 0.0736 e. The SMILES string of the molecule is Brc1ccc2c(c1)C1(c3cc(Br)ccc3C=C2)c2ccccc2Sc2c(Br)cccc21. The molecule has 4 aromatic rings. The molecule has 1 heterocycles. The van der Waals surface area contributed by atoms with E-state index in [1.165, 1.54) is 43.2 Å². The Morgan fingerprint density at radius 1 is 0.581 bits per heavy atom. The molecule has 4 heteroatoms. The van der Waals surface area contributed by atoms with Crippen LogP contribution in [0.25, 0.3) is 12.2 Å². The molecule has 0 unspecified atom stereocenters. The molecule has 0 atom stereocenters. The monoisotopic (exact) mass is 608 g/mol. The average Bonchev–Trinajstić information content (AvgIpc) is 2.90. The van der Waals surface area contributed by atoms with E-state index >= 15 is 0 Å². The number of rotatable bonds is 0. The Morgan fingerprint density at radius 2 is 1.19 bits per heavy atom. The Bertz CT molecular complexity index is 1350. The van der Waals surface area contributed by atoms with Crippen molar-refractivity contribution in [2.75, 3.05) is 0 Å². The van der Waals surface area contributed by atoms with Gasteiger partial charge in [-0.1, -0.05) is 98.2 Å². The highest BCUT2D eigenvalue weighted by Crippen LogP contribution is 2.59. The van der Waals surface area contributed by atoms with Gasteiger partial charge in [0.05, 0.1) is 5.41 Å². The van der Waals surface area contributed by atoms with Crippen LogP contribution < -0.4 is 0 Å². The summed E-state index contributed by atoms with van der Waals surface area (Å²) in [6.07, 6.45) is 4.51. The van der Waals surface area contributed by atoms with Crippen LogP contribution in [0.1, 0.15) is 33.4 Å². The minimum Gasteiger partial charge on any atom is -0.0882 e. The van der Waals surface area contributed by atoms with Gasteiger partial charge in [0.15, 0.2) is 0 Å². The molecule has 0 nitrogen and oxygen atoms in total. The molecule has 0 saturated heterocycles. The predicted octanol–water partition coefficient (Wildman–Crippen LogP) is 9.31. The van der Waals surface area contributed by atoms with E-state index in [0.717, 1.165) is 13.4 Å². The largest absolute Gasteiger partial charge is 0.0882 e. The van der Waals surface area contributed by atoms with Gasteiger partial charge in [-0.3, -0.25) is 0 Å². The van der Waals surface area contributed by atoms with Crippen molar-refractivity contribution in [3.8, 4) is 0 Å². The highest BCUT2D eigenvalue weighted by Gasteiger charge is 2.47. The molecule has 0 N–H and O–H groups in total. The van der Waals surface area contributed by atoms with Crippen LogP contribution in [-0.2, 0) is 5.41 Å². The van der Waals surface area contributed by atoms with E-state index in [1.807, 2.05) is 11.8 Å². The van der Waals surface area contributed by atoms with Crippen molar-refractivity contribution in [2.45, 2.75) is 15.2 Å². The summed E-state index contributed by atoms with van der Waals surface area (Å²) in [5.74, 6) is 0. The van der Waals surface area contributed by atoms with Gasteiger partial charge >= 0.3 is 0 Å². The molecule has 0 saturated carbocycles. The summed E-state index contributed by atoms with van der Waals surface area (Å²) in [6.45, 7) is 0. The summed E-state index contributed by atoms with van der Waals surface area (Å²) in [7, 11) is 0. The molecule has 0 fully saturated rings. The second-order valence-electron chi connectivity index (χ2n) is 7.76. The lowest BCUT2D eigenvalue weighted by Gasteiger charge is -2.43. The Balaban J connectivity index is 1.90. The van der Waals surface area contributed by atoms with E-state index < -0.39 is 5.41 Å². The zero-order chi connectivity index (χ0) is 21.2. The van der Waals surface area contributed by atoms with E-state index in [9.17, 15) is 0 Å². The van der Waals surface area contributed by atoms with Crippen LogP contribution in [0.3, 0.4) is 0 Å². The zero-order valence-electron chi connectivity index (χ0n) is 16.2. The molecule has 0 aromatic heterocycles. The van der Waals surface area contributed by atoms with Crippen LogP contribution in [0.2, 0.25) is 0 Å². The molecule has 31 heavy (non-hydrogen) atoms. The first-order valence-corrected chi connectivity index (χ1v) is 13.1. The van der Waals surface area contributed by atoms with Gasteiger partial charge in [0.2, 0.25) is 0 Å². The fourth-order valence-corrected chi connectivity index (χ4v) is 7.46. The maximum Gasteiger partial charge on any atom is 0.0736 e. The van der Waals surface area contributed by atoms with Crippen molar-refractivity contribution < 1.29 is 0 Å². The zero-order valence-corrected chi connectivity index (χ0v) is 21.8. The van der Waals surface area contributed by atoms with E-state index in [0.29, 0.717) is 0 Å². The van der Waals surface area contributed by atoms with Crippen molar-refractivity contribution in [1.82, 2.24) is 0 Å². The van der Waals surface area contributed by atoms with Crippen LogP contribution >= 0.6 is 59.6 Å². The highest BCUT2D eigenvalue weighted by atomic mass is 79.9. The summed E-state index contributed by atoms with van der Waals surface area (Å²) in [5, 5.41) is 0. The molecule has 4 aromatic carbocycles. The molecule has 2 aliphatic rings. The Morgan fingerprint density at radius 3 is 1.87 bits per heavy atom. The number of fused-ring (bicyclic) bond motifs is 8. The summed E-state index contributed by atoms with van der Waals surface area (Å²) in [4.78, 5) is 2.57. The van der Waals surface area contributed by atoms with Crippen molar-refractivity contribution in [1.29, 1.82) is 0 Å². The van der Waals surface area contributed by atoms with Crippen LogP contribution in [0.5, 0.6) is 0 Å². The summed E-state index contributed by atoms with van der Waals surface area (Å²) in [5.41, 5.74) is 7.28. The summed E-state index contributed by atoms with van der Waals surface area (Å²) >= 11 is 13.2. The lowest BCUT2D eigenvalue weighted by molar-refractivity contribution is 0.698. The normalized spacial score (nSPS) is 14.9. The second-order valence-corrected chi connectivity index (χ2v) is 11.5. The summed E-state index contributed by atoms with van der Waals surface area (Å²) < 4.78 is 3.31. The number of halogens is 3. The third-order valence-corrected chi connectivity index (χ3v) is 9.28. The first kappa shape index (κ1) is 20.0. The second kappa shape index (κ2) is 7.48. The van der Waals surface area contributed by atoms with Crippen molar-refractivity contribution in [3.05, 3.63) is 126 Å². The molecular weight excluding hydrogens is 596 g/mol. The number of hydrogen-bond acceptors (Lipinski definition) is 1. The molecule has 1 aliphatic carbocycles. The number of hydrogen-bond donors (Lipinski definition) is 0. The topological polar surface area (TPSA) is 0 Å².